The second-order valence-electron chi connectivity index (χ2n) is 7.78. The molecular weight excluding hydrogens is 418 g/mol. The number of nitrogens with zero attached hydrogens (tertiary/aromatic N) is 2. The third kappa shape index (κ3) is 5.97. The number of rotatable bonds is 6. The number of phenols is 1. The van der Waals surface area contributed by atoms with E-state index < -0.39 is 18.6 Å². The largest absolute Gasteiger partial charge is 0.508 e. The highest BCUT2D eigenvalue weighted by molar-refractivity contribution is 5.84. The van der Waals surface area contributed by atoms with Gasteiger partial charge in [0.25, 0.3) is 5.91 Å². The summed E-state index contributed by atoms with van der Waals surface area (Å²) < 4.78 is 9.59. The predicted molar refractivity (Wildman–Crippen MR) is 113 cm³/mol. The molecule has 32 heavy (non-hydrogen) atoms. The minimum Gasteiger partial charge on any atom is -0.508 e. The van der Waals surface area contributed by atoms with Crippen molar-refractivity contribution in [3.63, 3.8) is 0 Å². The van der Waals surface area contributed by atoms with E-state index in [2.05, 4.69) is 25.6 Å². The Kier molecular flexibility index (Phi) is 7.31. The Morgan fingerprint density at radius 1 is 1.22 bits per heavy atom. The highest BCUT2D eigenvalue weighted by Gasteiger charge is 2.25. The Balaban J connectivity index is 1.51. The molecule has 172 valence electrons. The van der Waals surface area contributed by atoms with Crippen LogP contribution >= 0.6 is 0 Å². The summed E-state index contributed by atoms with van der Waals surface area (Å²) in [5.41, 5.74) is 12.8. The van der Waals surface area contributed by atoms with Crippen LogP contribution < -0.4 is 16.6 Å². The number of phenolic OH excluding ortho intramolecular Hbond substituents is 1. The van der Waals surface area contributed by atoms with Gasteiger partial charge in [-0.2, -0.15) is 0 Å². The van der Waals surface area contributed by atoms with E-state index >= 15 is 0 Å². The molecule has 1 saturated heterocycles. The van der Waals surface area contributed by atoms with Crippen LogP contribution in [0.25, 0.3) is 11.1 Å². The number of amides is 3. The molecule has 11 heteroatoms. The molecule has 1 fully saturated rings. The lowest BCUT2D eigenvalue weighted by molar-refractivity contribution is -0.133. The van der Waals surface area contributed by atoms with Gasteiger partial charge in [0.15, 0.2) is 6.61 Å². The third-order valence-corrected chi connectivity index (χ3v) is 5.33. The van der Waals surface area contributed by atoms with Gasteiger partial charge in [0.05, 0.1) is 5.69 Å². The van der Waals surface area contributed by atoms with Gasteiger partial charge >= 0.3 is 6.09 Å². The molecule has 1 aliphatic rings. The van der Waals surface area contributed by atoms with E-state index in [0.717, 1.165) is 22.4 Å². The Bertz CT molecular complexity index is 977. The van der Waals surface area contributed by atoms with Gasteiger partial charge in [-0.1, -0.05) is 5.16 Å². The number of primary amides is 1. The number of hydrogen-bond acceptors (Lipinski definition) is 8. The van der Waals surface area contributed by atoms with Crippen LogP contribution in [-0.4, -0.2) is 52.8 Å². The van der Waals surface area contributed by atoms with E-state index in [1.165, 1.54) is 0 Å². The zero-order valence-electron chi connectivity index (χ0n) is 18.0. The number of likely N-dealkylation sites (tertiary alicyclic amines) is 1. The first kappa shape index (κ1) is 23.1. The smallest absolute Gasteiger partial charge is 0.405 e. The van der Waals surface area contributed by atoms with Crippen LogP contribution in [0.15, 0.2) is 22.7 Å². The summed E-state index contributed by atoms with van der Waals surface area (Å²) in [4.78, 5) is 36.4. The number of carbonyl (C=O) groups is 3. The van der Waals surface area contributed by atoms with Gasteiger partial charge in [-0.15, -0.1) is 0 Å². The summed E-state index contributed by atoms with van der Waals surface area (Å²) in [6.45, 7) is 5.13. The molecule has 0 aliphatic carbocycles. The van der Waals surface area contributed by atoms with Crippen molar-refractivity contribution in [3.05, 3.63) is 35.2 Å². The molecule has 1 aromatic heterocycles. The molecule has 2 aromatic rings. The maximum Gasteiger partial charge on any atom is 0.405 e. The van der Waals surface area contributed by atoms with E-state index in [0.29, 0.717) is 38.2 Å². The van der Waals surface area contributed by atoms with Crippen molar-refractivity contribution in [2.24, 2.45) is 11.7 Å². The zero-order chi connectivity index (χ0) is 23.3. The molecule has 0 atom stereocenters. The molecule has 0 spiro atoms. The second-order valence-corrected chi connectivity index (χ2v) is 7.78. The Morgan fingerprint density at radius 2 is 1.94 bits per heavy atom. The first-order chi connectivity index (χ1) is 15.2. The van der Waals surface area contributed by atoms with Crippen molar-refractivity contribution in [2.75, 3.05) is 19.7 Å². The van der Waals surface area contributed by atoms with Crippen LogP contribution in [0.1, 0.15) is 29.9 Å². The van der Waals surface area contributed by atoms with Crippen LogP contribution in [0.4, 0.5) is 4.79 Å². The lowest BCUT2D eigenvalue weighted by Crippen LogP contribution is -2.48. The number of aromatic nitrogens is 1. The Hall–Kier alpha value is -3.60. The molecule has 1 aromatic carbocycles. The number of nitrogens with one attached hydrogen (secondary N) is 2. The monoisotopic (exact) mass is 445 g/mol. The maximum absolute atomic E-state index is 12.3. The highest BCUT2D eigenvalue weighted by atomic mass is 16.5. The first-order valence-corrected chi connectivity index (χ1v) is 10.2. The van der Waals surface area contributed by atoms with Crippen molar-refractivity contribution in [3.8, 4) is 16.9 Å². The predicted octanol–water partition coefficient (Wildman–Crippen LogP) is 1.12. The molecule has 0 saturated carbocycles. The van der Waals surface area contributed by atoms with Gasteiger partial charge in [-0.05, 0) is 69.1 Å². The van der Waals surface area contributed by atoms with E-state index in [1.807, 2.05) is 19.9 Å². The summed E-state index contributed by atoms with van der Waals surface area (Å²) in [5, 5.41) is 14.2. The molecule has 0 bridgehead atoms. The molecule has 0 radical (unpaired) electrons. The van der Waals surface area contributed by atoms with Crippen LogP contribution in [0.3, 0.4) is 0 Å². The van der Waals surface area contributed by atoms with Crippen molar-refractivity contribution in [2.45, 2.75) is 33.2 Å². The number of piperidine rings is 1. The molecule has 3 amide bonds. The zero-order valence-corrected chi connectivity index (χ0v) is 18.0. The van der Waals surface area contributed by atoms with Crippen LogP contribution in [-0.2, 0) is 20.9 Å². The Morgan fingerprint density at radius 3 is 2.56 bits per heavy atom. The van der Waals surface area contributed by atoms with Crippen molar-refractivity contribution < 1.29 is 28.8 Å². The number of carbonyl (C=O) groups excluding carboxylic acids is 3. The lowest BCUT2D eigenvalue weighted by atomic mass is 9.95. The summed E-state index contributed by atoms with van der Waals surface area (Å²) in [6, 6.07) is 5.42. The number of hydrogen-bond donors (Lipinski definition) is 4. The lowest BCUT2D eigenvalue weighted by Gasteiger charge is -2.31. The summed E-state index contributed by atoms with van der Waals surface area (Å²) in [5.74, 6) is -0.352. The van der Waals surface area contributed by atoms with Crippen molar-refractivity contribution in [1.29, 1.82) is 0 Å². The summed E-state index contributed by atoms with van der Waals surface area (Å²) in [7, 11) is 0. The average molecular weight is 445 g/mol. The van der Waals surface area contributed by atoms with Crippen LogP contribution in [0.5, 0.6) is 5.75 Å². The number of hydrazine groups is 1. The quantitative estimate of drug-likeness (QED) is 0.481. The number of nitrogens with two attached hydrogens (primary N) is 1. The minimum atomic E-state index is -1.07. The van der Waals surface area contributed by atoms with E-state index in [-0.39, 0.29) is 17.6 Å². The van der Waals surface area contributed by atoms with Gasteiger partial charge in [0, 0.05) is 18.0 Å². The number of benzene rings is 1. The van der Waals surface area contributed by atoms with Gasteiger partial charge in [0.2, 0.25) is 5.91 Å². The molecule has 2 heterocycles. The third-order valence-electron chi connectivity index (χ3n) is 5.33. The second kappa shape index (κ2) is 10.1. The molecule has 0 unspecified atom stereocenters. The first-order valence-electron chi connectivity index (χ1n) is 10.2. The molecule has 11 nitrogen and oxygen atoms in total. The SMILES string of the molecule is Cc1noc(C)c1-c1cc(O)cc(CN2CCC(C(=O)NNC(=O)COC(N)=O)CC2)c1. The molecular formula is C21H27N5O6. The van der Waals surface area contributed by atoms with E-state index in [9.17, 15) is 19.5 Å². The fourth-order valence-corrected chi connectivity index (χ4v) is 3.82. The van der Waals surface area contributed by atoms with Gasteiger partial charge in [-0.3, -0.25) is 25.3 Å². The fourth-order valence-electron chi connectivity index (χ4n) is 3.82. The normalized spacial score (nSPS) is 14.7. The van der Waals surface area contributed by atoms with E-state index in [1.54, 1.807) is 12.1 Å². The molecule has 1 aliphatic heterocycles. The van der Waals surface area contributed by atoms with Crippen LogP contribution in [0, 0.1) is 19.8 Å². The number of ether oxygens (including phenoxy) is 1. The number of aromatic hydroxyl groups is 1. The van der Waals surface area contributed by atoms with Crippen molar-refractivity contribution >= 4 is 17.9 Å². The summed E-state index contributed by atoms with van der Waals surface area (Å²) >= 11 is 0. The van der Waals surface area contributed by atoms with Crippen LogP contribution in [0.2, 0.25) is 0 Å². The summed E-state index contributed by atoms with van der Waals surface area (Å²) in [6.07, 6.45) is 0.175. The fraction of sp³-hybridized carbons (Fsp3) is 0.429. The Labute approximate surface area is 184 Å². The van der Waals surface area contributed by atoms with Gasteiger partial charge in [0.1, 0.15) is 11.5 Å². The standard InChI is InChI=1S/C21H27N5O6/c1-12-19(13(2)32-25-12)16-7-14(8-17(27)9-16)10-26-5-3-15(4-6-26)20(29)24-23-18(28)11-31-21(22)30/h7-9,15,27H,3-6,10-11H2,1-2H3,(H2,22,30)(H,23,28)(H,24,29). The molecule has 3 rings (SSSR count). The van der Waals surface area contributed by atoms with Gasteiger partial charge in [-0.25, -0.2) is 4.79 Å². The highest BCUT2D eigenvalue weighted by Crippen LogP contribution is 2.31. The average Bonchev–Trinajstić information content (AvgIpc) is 3.08. The van der Waals surface area contributed by atoms with Crippen molar-refractivity contribution in [1.82, 2.24) is 20.9 Å². The maximum atomic E-state index is 12.3. The van der Waals surface area contributed by atoms with Gasteiger partial charge < -0.3 is 20.1 Å². The minimum absolute atomic E-state index is 0.169. The number of aryl methyl sites for hydroxylation is 2. The molecule has 5 N–H and O–H groups in total. The van der Waals surface area contributed by atoms with E-state index in [4.69, 9.17) is 10.3 Å². The topological polar surface area (TPSA) is 160 Å².